The number of esters is 1. The molecule has 0 rings (SSSR count). The third kappa shape index (κ3) is 7.11. The van der Waals surface area contributed by atoms with Gasteiger partial charge in [0.2, 0.25) is 0 Å². The number of aliphatic hydroxyl groups is 2. The number of carbonyl (C=O) groups is 1. The largest absolute Gasteiger partial charge is 0.435 e. The van der Waals surface area contributed by atoms with Crippen LogP contribution in [0.2, 0.25) is 0 Å². The van der Waals surface area contributed by atoms with E-state index in [2.05, 4.69) is 4.74 Å². The third-order valence-corrected chi connectivity index (χ3v) is 2.23. The minimum Gasteiger partial charge on any atom is -0.435 e. The van der Waals surface area contributed by atoms with Crippen LogP contribution in [0.25, 0.3) is 0 Å². The van der Waals surface area contributed by atoms with E-state index in [1.54, 1.807) is 6.08 Å². The Labute approximate surface area is 90.6 Å². The highest BCUT2D eigenvalue weighted by Gasteiger charge is 2.15. The molecule has 0 aliphatic heterocycles. The maximum Gasteiger partial charge on any atom is 0.307 e. The van der Waals surface area contributed by atoms with E-state index in [1.165, 1.54) is 13.2 Å². The molecule has 4 heteroatoms. The van der Waals surface area contributed by atoms with Crippen LogP contribution in [0, 0.1) is 5.92 Å². The number of hydrogen-bond donors (Lipinski definition) is 2. The Bertz CT molecular complexity index is 201. The smallest absolute Gasteiger partial charge is 0.307 e. The van der Waals surface area contributed by atoms with E-state index in [1.807, 2.05) is 6.92 Å². The van der Waals surface area contributed by atoms with Gasteiger partial charge in [-0.1, -0.05) is 6.92 Å². The quantitative estimate of drug-likeness (QED) is 0.496. The van der Waals surface area contributed by atoms with Gasteiger partial charge in [-0.15, -0.1) is 0 Å². The van der Waals surface area contributed by atoms with E-state index in [-0.39, 0.29) is 18.5 Å². The summed E-state index contributed by atoms with van der Waals surface area (Å²) in [4.78, 5) is 10.4. The monoisotopic (exact) mass is 216 g/mol. The molecule has 0 aromatic heterocycles. The van der Waals surface area contributed by atoms with Crippen molar-refractivity contribution in [2.24, 2.45) is 5.92 Å². The zero-order valence-corrected chi connectivity index (χ0v) is 9.35. The molecule has 0 amide bonds. The van der Waals surface area contributed by atoms with Crippen LogP contribution in [0.15, 0.2) is 12.3 Å². The van der Waals surface area contributed by atoms with Gasteiger partial charge >= 0.3 is 5.97 Å². The number of carbonyl (C=O) groups excluding carboxylic acids is 1. The molecular weight excluding hydrogens is 196 g/mol. The number of rotatable bonds is 7. The average molecular weight is 216 g/mol. The van der Waals surface area contributed by atoms with Crippen LogP contribution < -0.4 is 0 Å². The summed E-state index contributed by atoms with van der Waals surface area (Å²) in [5.74, 6) is -0.449. The fourth-order valence-corrected chi connectivity index (χ4v) is 1.26. The fraction of sp³-hybridized carbons (Fsp3) is 0.727. The number of ether oxygens (including phenoxy) is 1. The average Bonchev–Trinajstić information content (AvgIpc) is 2.22. The standard InChI is InChI=1S/C11H20O4/c1-3-11(14)10(8-12)6-4-5-7-15-9(2)13/h5,7,10-12,14H,3-4,6,8H2,1-2H3/b7-5+/t10-,11-/m0/s1. The van der Waals surface area contributed by atoms with Gasteiger partial charge < -0.3 is 14.9 Å². The summed E-state index contributed by atoms with van der Waals surface area (Å²) >= 11 is 0. The molecule has 88 valence electrons. The van der Waals surface area contributed by atoms with Crippen LogP contribution in [0.3, 0.4) is 0 Å². The maximum atomic E-state index is 10.4. The Morgan fingerprint density at radius 3 is 2.67 bits per heavy atom. The van der Waals surface area contributed by atoms with Crippen LogP contribution in [0.1, 0.15) is 33.1 Å². The third-order valence-electron chi connectivity index (χ3n) is 2.23. The molecule has 0 aromatic carbocycles. The molecule has 4 nitrogen and oxygen atoms in total. The van der Waals surface area contributed by atoms with E-state index >= 15 is 0 Å². The van der Waals surface area contributed by atoms with Gasteiger partial charge in [-0.2, -0.15) is 0 Å². The summed E-state index contributed by atoms with van der Waals surface area (Å²) in [5, 5.41) is 18.5. The summed E-state index contributed by atoms with van der Waals surface area (Å²) in [7, 11) is 0. The zero-order valence-electron chi connectivity index (χ0n) is 9.35. The Balaban J connectivity index is 3.72. The van der Waals surface area contributed by atoms with Crippen molar-refractivity contribution in [3.63, 3.8) is 0 Å². The molecule has 0 aliphatic rings. The Morgan fingerprint density at radius 1 is 1.53 bits per heavy atom. The molecular formula is C11H20O4. The first-order valence-corrected chi connectivity index (χ1v) is 5.23. The summed E-state index contributed by atoms with van der Waals surface area (Å²) in [6, 6.07) is 0. The van der Waals surface area contributed by atoms with Crippen LogP contribution in [0.4, 0.5) is 0 Å². The molecule has 0 fully saturated rings. The highest BCUT2D eigenvalue weighted by molar-refractivity contribution is 5.66. The highest BCUT2D eigenvalue weighted by atomic mass is 16.5. The second-order valence-electron chi connectivity index (χ2n) is 3.48. The van der Waals surface area contributed by atoms with Crippen molar-refractivity contribution < 1.29 is 19.7 Å². The number of aliphatic hydroxyl groups excluding tert-OH is 2. The topological polar surface area (TPSA) is 66.8 Å². The van der Waals surface area contributed by atoms with Gasteiger partial charge in [-0.3, -0.25) is 4.79 Å². The molecule has 0 saturated carbocycles. The van der Waals surface area contributed by atoms with Crippen LogP contribution in [0.5, 0.6) is 0 Å². The van der Waals surface area contributed by atoms with E-state index in [4.69, 9.17) is 5.11 Å². The molecule has 2 atom stereocenters. The number of hydrogen-bond acceptors (Lipinski definition) is 4. The van der Waals surface area contributed by atoms with Crippen LogP contribution in [-0.2, 0) is 9.53 Å². The van der Waals surface area contributed by atoms with Crippen molar-refractivity contribution >= 4 is 5.97 Å². The fourth-order valence-electron chi connectivity index (χ4n) is 1.26. The van der Waals surface area contributed by atoms with Crippen molar-refractivity contribution in [3.05, 3.63) is 12.3 Å². The Kier molecular flexibility index (Phi) is 7.95. The lowest BCUT2D eigenvalue weighted by Crippen LogP contribution is -2.22. The predicted octanol–water partition coefficient (Wildman–Crippen LogP) is 1.22. The first-order chi connectivity index (χ1) is 7.11. The van der Waals surface area contributed by atoms with E-state index < -0.39 is 6.10 Å². The molecule has 0 aromatic rings. The lowest BCUT2D eigenvalue weighted by molar-refractivity contribution is -0.135. The second-order valence-corrected chi connectivity index (χ2v) is 3.48. The molecule has 0 heterocycles. The summed E-state index contributed by atoms with van der Waals surface area (Å²) < 4.78 is 4.60. The first-order valence-electron chi connectivity index (χ1n) is 5.23. The lowest BCUT2D eigenvalue weighted by atomic mass is 9.96. The number of allylic oxidation sites excluding steroid dienone is 1. The van der Waals surface area contributed by atoms with Crippen molar-refractivity contribution in [2.45, 2.75) is 39.2 Å². The van der Waals surface area contributed by atoms with Gasteiger partial charge in [0.1, 0.15) is 0 Å². The lowest BCUT2D eigenvalue weighted by Gasteiger charge is -2.18. The highest BCUT2D eigenvalue weighted by Crippen LogP contribution is 2.13. The van der Waals surface area contributed by atoms with E-state index in [0.717, 1.165) is 0 Å². The van der Waals surface area contributed by atoms with Crippen LogP contribution in [-0.4, -0.2) is 28.9 Å². The van der Waals surface area contributed by atoms with Crippen LogP contribution >= 0.6 is 0 Å². The van der Waals surface area contributed by atoms with Crippen molar-refractivity contribution in [1.29, 1.82) is 0 Å². The second kappa shape index (κ2) is 8.44. The molecule has 0 unspecified atom stereocenters. The van der Waals surface area contributed by atoms with Gasteiger partial charge in [0.15, 0.2) is 0 Å². The molecule has 0 radical (unpaired) electrons. The Morgan fingerprint density at radius 2 is 2.20 bits per heavy atom. The van der Waals surface area contributed by atoms with E-state index in [9.17, 15) is 9.90 Å². The minimum atomic E-state index is -0.461. The van der Waals surface area contributed by atoms with Crippen molar-refractivity contribution in [3.8, 4) is 0 Å². The first kappa shape index (κ1) is 14.1. The Hall–Kier alpha value is -0.870. The SMILES string of the molecule is CC[C@H](O)[C@H](CO)CC/C=C/OC(C)=O. The zero-order chi connectivity index (χ0) is 11.7. The molecule has 0 bridgehead atoms. The molecule has 2 N–H and O–H groups in total. The molecule has 0 saturated heterocycles. The molecule has 0 aliphatic carbocycles. The normalized spacial score (nSPS) is 15.2. The van der Waals surface area contributed by atoms with E-state index in [0.29, 0.717) is 19.3 Å². The molecule has 0 spiro atoms. The maximum absolute atomic E-state index is 10.4. The van der Waals surface area contributed by atoms with Gasteiger partial charge in [-0.05, 0) is 25.3 Å². The van der Waals surface area contributed by atoms with Crippen molar-refractivity contribution in [1.82, 2.24) is 0 Å². The summed E-state index contributed by atoms with van der Waals surface area (Å²) in [6.45, 7) is 3.19. The summed E-state index contributed by atoms with van der Waals surface area (Å²) in [5.41, 5.74) is 0. The van der Waals surface area contributed by atoms with Gasteiger partial charge in [0.25, 0.3) is 0 Å². The predicted molar refractivity (Wildman–Crippen MR) is 57.0 cm³/mol. The minimum absolute atomic E-state index is 0.0174. The van der Waals surface area contributed by atoms with Gasteiger partial charge in [0, 0.05) is 19.4 Å². The summed E-state index contributed by atoms with van der Waals surface area (Å²) in [6.07, 6.45) is 4.59. The van der Waals surface area contributed by atoms with Gasteiger partial charge in [-0.25, -0.2) is 0 Å². The molecule has 15 heavy (non-hydrogen) atoms. The van der Waals surface area contributed by atoms with Gasteiger partial charge in [0.05, 0.1) is 12.4 Å². The van der Waals surface area contributed by atoms with Crippen molar-refractivity contribution in [2.75, 3.05) is 6.61 Å².